The van der Waals surface area contributed by atoms with Crippen molar-refractivity contribution in [2.24, 2.45) is 0 Å². The molecule has 1 aromatic rings. The number of halogens is 1. The molecule has 1 rings (SSSR count). The summed E-state index contributed by atoms with van der Waals surface area (Å²) in [5.74, 6) is -0.826. The molecule has 0 atom stereocenters. The Kier molecular flexibility index (Phi) is 4.96. The summed E-state index contributed by atoms with van der Waals surface area (Å²) in [6, 6.07) is 6.56. The number of carbonyl (C=O) groups excluding carboxylic acids is 1. The van der Waals surface area contributed by atoms with Gasteiger partial charge in [0.25, 0.3) is 0 Å². The first-order valence-electron chi connectivity index (χ1n) is 4.94. The van der Waals surface area contributed by atoms with Gasteiger partial charge < -0.3 is 4.74 Å². The molecule has 0 saturated heterocycles. The third-order valence-electron chi connectivity index (χ3n) is 2.14. The quantitative estimate of drug-likeness (QED) is 0.770. The predicted molar refractivity (Wildman–Crippen MR) is 65.6 cm³/mol. The molecule has 0 N–H and O–H groups in total. The van der Waals surface area contributed by atoms with Crippen LogP contribution in [0.15, 0.2) is 24.3 Å². The number of ether oxygens (including phenoxy) is 1. The van der Waals surface area contributed by atoms with E-state index in [0.717, 1.165) is 0 Å². The number of rotatable bonds is 5. The lowest BCUT2D eigenvalue weighted by molar-refractivity contribution is -0.140. The largest absolute Gasteiger partial charge is 0.469 e. The minimum absolute atomic E-state index is 0.0961. The van der Waals surface area contributed by atoms with Gasteiger partial charge in [-0.1, -0.05) is 23.7 Å². The van der Waals surface area contributed by atoms with Crippen molar-refractivity contribution < 1.29 is 17.9 Å². The van der Waals surface area contributed by atoms with Gasteiger partial charge in [-0.3, -0.25) is 4.79 Å². The SMILES string of the molecule is COC(=O)CCS(=O)(=O)Cc1ccc(Cl)cc1. The third kappa shape index (κ3) is 5.19. The molecule has 17 heavy (non-hydrogen) atoms. The van der Waals surface area contributed by atoms with E-state index in [1.165, 1.54) is 7.11 Å². The van der Waals surface area contributed by atoms with E-state index in [1.54, 1.807) is 24.3 Å². The van der Waals surface area contributed by atoms with E-state index >= 15 is 0 Å². The average Bonchev–Trinajstić information content (AvgIpc) is 2.29. The first kappa shape index (κ1) is 14.0. The van der Waals surface area contributed by atoms with Gasteiger partial charge in [-0.25, -0.2) is 8.42 Å². The summed E-state index contributed by atoms with van der Waals surface area (Å²) in [7, 11) is -2.07. The molecule has 0 aliphatic carbocycles. The van der Waals surface area contributed by atoms with Gasteiger partial charge in [-0.05, 0) is 17.7 Å². The van der Waals surface area contributed by atoms with Gasteiger partial charge >= 0.3 is 5.97 Å². The molecule has 0 radical (unpaired) electrons. The molecular formula is C11H13ClO4S. The van der Waals surface area contributed by atoms with E-state index in [-0.39, 0.29) is 17.9 Å². The third-order valence-corrected chi connectivity index (χ3v) is 4.00. The lowest BCUT2D eigenvalue weighted by Gasteiger charge is -2.04. The maximum Gasteiger partial charge on any atom is 0.306 e. The summed E-state index contributed by atoms with van der Waals surface area (Å²) < 4.78 is 27.7. The number of hydrogen-bond acceptors (Lipinski definition) is 4. The topological polar surface area (TPSA) is 60.4 Å². The molecule has 94 valence electrons. The molecule has 0 aliphatic rings. The van der Waals surface area contributed by atoms with Gasteiger partial charge in [-0.2, -0.15) is 0 Å². The molecule has 0 bridgehead atoms. The Morgan fingerprint density at radius 2 is 1.88 bits per heavy atom. The number of esters is 1. The van der Waals surface area contributed by atoms with Crippen molar-refractivity contribution in [1.29, 1.82) is 0 Å². The Morgan fingerprint density at radius 1 is 1.29 bits per heavy atom. The van der Waals surface area contributed by atoms with Crippen molar-refractivity contribution in [2.45, 2.75) is 12.2 Å². The Balaban J connectivity index is 2.60. The Labute approximate surface area is 105 Å². The van der Waals surface area contributed by atoms with Crippen LogP contribution in [-0.2, 0) is 25.1 Å². The second-order valence-corrected chi connectivity index (χ2v) is 6.17. The molecule has 1 aromatic carbocycles. The zero-order chi connectivity index (χ0) is 12.9. The lowest BCUT2D eigenvalue weighted by Crippen LogP contribution is -2.14. The van der Waals surface area contributed by atoms with E-state index in [4.69, 9.17) is 11.6 Å². The number of sulfone groups is 1. The molecule has 0 unspecified atom stereocenters. The number of methoxy groups -OCH3 is 1. The smallest absolute Gasteiger partial charge is 0.306 e. The van der Waals surface area contributed by atoms with Gasteiger partial charge in [0.2, 0.25) is 0 Å². The highest BCUT2D eigenvalue weighted by molar-refractivity contribution is 7.90. The van der Waals surface area contributed by atoms with Crippen molar-refractivity contribution >= 4 is 27.4 Å². The van der Waals surface area contributed by atoms with E-state index in [1.807, 2.05) is 0 Å². The Morgan fingerprint density at radius 3 is 2.41 bits per heavy atom. The standard InChI is InChI=1S/C11H13ClO4S/c1-16-11(13)6-7-17(14,15)8-9-2-4-10(12)5-3-9/h2-5H,6-8H2,1H3. The second kappa shape index (κ2) is 6.02. The monoisotopic (exact) mass is 276 g/mol. The molecule has 0 heterocycles. The van der Waals surface area contributed by atoms with Gasteiger partial charge in [0.05, 0.1) is 25.0 Å². The van der Waals surface area contributed by atoms with Crippen LogP contribution in [0.1, 0.15) is 12.0 Å². The van der Waals surface area contributed by atoms with Gasteiger partial charge in [0.15, 0.2) is 9.84 Å². The van der Waals surface area contributed by atoms with Gasteiger partial charge in [-0.15, -0.1) is 0 Å². The van der Waals surface area contributed by atoms with E-state index < -0.39 is 15.8 Å². The fourth-order valence-corrected chi connectivity index (χ4v) is 2.70. The minimum atomic E-state index is -3.30. The van der Waals surface area contributed by atoms with Gasteiger partial charge in [0.1, 0.15) is 0 Å². The van der Waals surface area contributed by atoms with Gasteiger partial charge in [0, 0.05) is 5.02 Å². The Bertz CT molecular complexity index is 479. The maximum atomic E-state index is 11.7. The molecule has 6 heteroatoms. The minimum Gasteiger partial charge on any atom is -0.469 e. The summed E-state index contributed by atoms with van der Waals surface area (Å²) in [5.41, 5.74) is 0.652. The van der Waals surface area contributed by atoms with E-state index in [9.17, 15) is 13.2 Å². The van der Waals surface area contributed by atoms with Crippen LogP contribution in [0, 0.1) is 0 Å². The first-order valence-corrected chi connectivity index (χ1v) is 7.14. The zero-order valence-corrected chi connectivity index (χ0v) is 10.9. The van der Waals surface area contributed by atoms with E-state index in [0.29, 0.717) is 10.6 Å². The molecule has 0 amide bonds. The van der Waals surface area contributed by atoms with Crippen LogP contribution in [0.5, 0.6) is 0 Å². The van der Waals surface area contributed by atoms with Crippen molar-refractivity contribution in [2.75, 3.05) is 12.9 Å². The summed E-state index contributed by atoms with van der Waals surface area (Å²) in [5, 5.41) is 0.556. The lowest BCUT2D eigenvalue weighted by atomic mass is 10.2. The molecule has 0 saturated carbocycles. The van der Waals surface area contributed by atoms with Crippen LogP contribution in [0.2, 0.25) is 5.02 Å². The predicted octanol–water partition coefficient (Wildman–Crippen LogP) is 1.82. The van der Waals surface area contributed by atoms with Crippen molar-refractivity contribution in [3.8, 4) is 0 Å². The van der Waals surface area contributed by atoms with E-state index in [2.05, 4.69) is 4.74 Å². The fourth-order valence-electron chi connectivity index (χ4n) is 1.25. The van der Waals surface area contributed by atoms with Crippen molar-refractivity contribution in [3.05, 3.63) is 34.9 Å². The summed E-state index contributed by atoms with van der Waals surface area (Å²) >= 11 is 5.69. The van der Waals surface area contributed by atoms with Crippen LogP contribution in [0.25, 0.3) is 0 Å². The second-order valence-electron chi connectivity index (χ2n) is 3.54. The van der Waals surface area contributed by atoms with Crippen LogP contribution in [0.4, 0.5) is 0 Å². The maximum absolute atomic E-state index is 11.7. The van der Waals surface area contributed by atoms with Crippen molar-refractivity contribution in [1.82, 2.24) is 0 Å². The fraction of sp³-hybridized carbons (Fsp3) is 0.364. The highest BCUT2D eigenvalue weighted by atomic mass is 35.5. The molecular weight excluding hydrogens is 264 g/mol. The highest BCUT2D eigenvalue weighted by Gasteiger charge is 2.14. The molecule has 0 aliphatic heterocycles. The van der Waals surface area contributed by atoms with Crippen LogP contribution in [-0.4, -0.2) is 27.2 Å². The summed E-state index contributed by atoms with van der Waals surface area (Å²) in [6.45, 7) is 0. The summed E-state index contributed by atoms with van der Waals surface area (Å²) in [4.78, 5) is 10.9. The molecule has 0 spiro atoms. The molecule has 0 aromatic heterocycles. The number of benzene rings is 1. The normalized spacial score (nSPS) is 11.2. The summed E-state index contributed by atoms with van der Waals surface area (Å²) in [6.07, 6.45) is -0.119. The van der Waals surface area contributed by atoms with Crippen LogP contribution >= 0.6 is 11.6 Å². The highest BCUT2D eigenvalue weighted by Crippen LogP contribution is 2.12. The van der Waals surface area contributed by atoms with Crippen LogP contribution in [0.3, 0.4) is 0 Å². The number of carbonyl (C=O) groups is 1. The first-order chi connectivity index (χ1) is 7.93. The zero-order valence-electron chi connectivity index (χ0n) is 9.35. The molecule has 4 nitrogen and oxygen atoms in total. The number of hydrogen-bond donors (Lipinski definition) is 0. The molecule has 0 fully saturated rings. The average molecular weight is 277 g/mol. The Hall–Kier alpha value is -1.07. The van der Waals surface area contributed by atoms with Crippen LogP contribution < -0.4 is 0 Å². The van der Waals surface area contributed by atoms with Crippen molar-refractivity contribution in [3.63, 3.8) is 0 Å².